The molecule has 5 N–H and O–H groups in total. The van der Waals surface area contributed by atoms with Gasteiger partial charge in [0.25, 0.3) is 0 Å². The van der Waals surface area contributed by atoms with E-state index in [0.717, 1.165) is 214 Å². The largest absolute Gasteiger partial charge is 0.361 e. The van der Waals surface area contributed by atoms with Crippen LogP contribution in [0.3, 0.4) is 0 Å². The van der Waals surface area contributed by atoms with Gasteiger partial charge in [0.2, 0.25) is 0 Å². The van der Waals surface area contributed by atoms with Crippen LogP contribution in [0.15, 0.2) is 225 Å². The Kier molecular flexibility index (Phi) is 17.8. The summed E-state index contributed by atoms with van der Waals surface area (Å²) in [5.74, 6) is 9.51. The van der Waals surface area contributed by atoms with Crippen molar-refractivity contribution in [3.8, 4) is 106 Å². The Balaban J connectivity index is 0.0000000985. The predicted octanol–water partition coefficient (Wildman–Crippen LogP) is 24.5. The molecular weight excluding hydrogens is 1480 g/mol. The molecule has 21 heteroatoms. The minimum absolute atomic E-state index is 0.269. The topological polar surface area (TPSA) is 265 Å². The molecule has 24 rings (SSSR count). The summed E-state index contributed by atoms with van der Waals surface area (Å²) in [6, 6.07) is 63.9. The number of nitrogens with one attached hydrogen (secondary N) is 5. The van der Waals surface area contributed by atoms with Crippen LogP contribution in [0.1, 0.15) is 144 Å². The number of para-hydroxylation sites is 1. The fourth-order valence-electron chi connectivity index (χ4n) is 17.2. The van der Waals surface area contributed by atoms with E-state index in [2.05, 4.69) is 201 Å². The smallest absolute Gasteiger partial charge is 0.141 e. The third kappa shape index (κ3) is 13.5. The molecule has 0 amide bonds. The molecule has 4 saturated carbocycles. The molecule has 4 fully saturated rings. The van der Waals surface area contributed by atoms with Gasteiger partial charge in [0.15, 0.2) is 0 Å². The zero-order valence-electron chi connectivity index (χ0n) is 67.0. The molecule has 4 aliphatic rings. The first-order valence-corrected chi connectivity index (χ1v) is 40.9. The first kappa shape index (κ1) is 72.5. The maximum Gasteiger partial charge on any atom is 0.141 e. The van der Waals surface area contributed by atoms with Crippen LogP contribution in [0.4, 0.5) is 4.39 Å². The molecule has 20 aromatic rings. The summed E-state index contributed by atoms with van der Waals surface area (Å²) >= 11 is 0. The summed E-state index contributed by atoms with van der Waals surface area (Å²) in [5.41, 5.74) is 32.5. The predicted molar refractivity (Wildman–Crippen MR) is 464 cm³/mol. The van der Waals surface area contributed by atoms with E-state index < -0.39 is 0 Å². The lowest BCUT2D eigenvalue weighted by Crippen LogP contribution is -1.95. The van der Waals surface area contributed by atoms with Crippen molar-refractivity contribution in [1.29, 1.82) is 0 Å². The number of imidazole rings is 4. The lowest BCUT2D eigenvalue weighted by molar-refractivity contribution is 0.393. The standard InChI is InChI=1S/C26H22N4O.C25H21N3O.C24H20FN5O.C23H20N4O/c1-15-23(16(2)31-30-15)19-13-21(25-22(14-19)28-26(29-25)18-10-11-18)20-9-6-12-27-24(20)17-7-4-3-5-8-17;1-14-23(15(2)29-28-14)18-12-21(20-9-5-7-16-6-3-4-8-19(16)20)24-22(13-18)26-25(27-24)17-10-11-17;1-12-21(13(2)31-30-12)16-9-18(23-20(10-16)27-24(28-23)15-3-4-15)19-11-26-29-22(19)14-5-7-17(25)8-6-14;1-13-21(14(2)28-26-13)17-11-18-22(25-23(24-18)16-7-8-16)20(12-17)27-10-9-15-5-3-4-6-19(15)27/h3-9,12-14,18H,10-11H2,1-2H3,(H,28,29);3-9,12-13,17H,10-11H2,1-2H3,(H,26,27);5-11,15H,3-4H2,1-2H3,(H,26,29)(H,27,28);3-6,9-12,16H,7-8H2,1-2H3,(H,24,25). The fraction of sp³-hybridized carbons (Fsp3) is 0.204. The monoisotopic (exact) mass is 1570 g/mol. The highest BCUT2D eigenvalue weighted by molar-refractivity contribution is 6.06. The Morgan fingerprint density at radius 2 is 0.782 bits per heavy atom. The van der Waals surface area contributed by atoms with E-state index in [1.807, 2.05) is 85.9 Å². The van der Waals surface area contributed by atoms with Gasteiger partial charge in [-0.25, -0.2) is 24.3 Å². The zero-order chi connectivity index (χ0) is 80.4. The number of rotatable bonds is 14. The SMILES string of the molecule is Cc1noc(C)c1-c1cc(-c2cccc3ccccc23)c2nc(C3CC3)[nH]c2c1.Cc1noc(C)c1-c1cc(-c2cccnc2-c2ccccc2)c2nc(C3CC3)[nH]c2c1.Cc1noc(C)c1-c1cc(-c2cn[nH]c2-c2ccc(F)cc2)c2nc(C3CC3)[nH]c2c1.Cc1noc(C)c1-c1cc(-n2ccc3ccccc32)c2nc(C3CC3)[nH]c2c1. The van der Waals surface area contributed by atoms with Gasteiger partial charge >= 0.3 is 0 Å². The molecule has 20 nitrogen and oxygen atoms in total. The van der Waals surface area contributed by atoms with Crippen molar-refractivity contribution in [2.45, 2.75) is 130 Å². The number of aryl methyl sites for hydroxylation is 8. The van der Waals surface area contributed by atoms with Gasteiger partial charge in [0, 0.05) is 97.3 Å². The average Bonchev–Trinajstić information content (AvgIpc) is 1.64. The minimum atomic E-state index is -0.269. The van der Waals surface area contributed by atoms with Gasteiger partial charge in [-0.2, -0.15) is 5.10 Å². The van der Waals surface area contributed by atoms with E-state index in [9.17, 15) is 4.39 Å². The van der Waals surface area contributed by atoms with Crippen molar-refractivity contribution in [2.75, 3.05) is 0 Å². The van der Waals surface area contributed by atoms with Crippen molar-refractivity contribution < 1.29 is 22.5 Å². The zero-order valence-corrected chi connectivity index (χ0v) is 67.0. The Hall–Kier alpha value is -14.2. The molecule has 0 unspecified atom stereocenters. The maximum atomic E-state index is 13.5. The van der Waals surface area contributed by atoms with Crippen LogP contribution >= 0.6 is 0 Å². The number of pyridine rings is 1. The molecule has 586 valence electrons. The number of halogens is 1. The lowest BCUT2D eigenvalue weighted by Gasteiger charge is -2.12. The number of H-pyrrole nitrogens is 5. The van der Waals surface area contributed by atoms with Gasteiger partial charge in [-0.3, -0.25) is 10.1 Å². The number of hydrogen-bond acceptors (Lipinski definition) is 14. The van der Waals surface area contributed by atoms with Crippen LogP contribution in [-0.2, 0) is 0 Å². The van der Waals surface area contributed by atoms with Crippen molar-refractivity contribution in [2.24, 2.45) is 0 Å². The van der Waals surface area contributed by atoms with Gasteiger partial charge in [-0.1, -0.05) is 118 Å². The molecule has 119 heavy (non-hydrogen) atoms. The Labute approximate surface area is 682 Å². The highest BCUT2D eigenvalue weighted by Crippen LogP contribution is 2.49. The third-order valence-corrected chi connectivity index (χ3v) is 23.7. The number of benzene rings is 9. The van der Waals surface area contributed by atoms with E-state index in [1.165, 1.54) is 90.7 Å². The normalized spacial score (nSPS) is 14.0. The van der Waals surface area contributed by atoms with Crippen LogP contribution in [0, 0.1) is 61.2 Å². The average molecular weight is 1570 g/mol. The van der Waals surface area contributed by atoms with Crippen molar-refractivity contribution in [3.63, 3.8) is 0 Å². The van der Waals surface area contributed by atoms with E-state index in [0.29, 0.717) is 23.7 Å². The number of hydrogen-bond donors (Lipinski definition) is 5. The minimum Gasteiger partial charge on any atom is -0.361 e. The number of nitrogens with zero attached hydrogens (tertiary/aromatic N) is 11. The van der Waals surface area contributed by atoms with Gasteiger partial charge in [-0.15, -0.1) is 0 Å². The molecular formula is C98H83FN16O4. The van der Waals surface area contributed by atoms with Crippen LogP contribution < -0.4 is 0 Å². The molecule has 0 bridgehead atoms. The first-order chi connectivity index (χ1) is 58.1. The van der Waals surface area contributed by atoms with Crippen molar-refractivity contribution in [3.05, 3.63) is 282 Å². The van der Waals surface area contributed by atoms with E-state index in [4.69, 9.17) is 43.0 Å². The molecule has 0 saturated heterocycles. The third-order valence-electron chi connectivity index (χ3n) is 23.7. The number of aromatic amines is 5. The molecule has 0 atom stereocenters. The quantitative estimate of drug-likeness (QED) is 0.0678. The summed E-state index contributed by atoms with van der Waals surface area (Å²) in [4.78, 5) is 39.0. The van der Waals surface area contributed by atoms with Crippen LogP contribution in [0.25, 0.3) is 172 Å². The number of aromatic nitrogens is 16. The second kappa shape index (κ2) is 29.2. The first-order valence-electron chi connectivity index (χ1n) is 40.9. The summed E-state index contributed by atoms with van der Waals surface area (Å²) in [6.07, 6.45) is 15.4. The van der Waals surface area contributed by atoms with Crippen LogP contribution in [0.2, 0.25) is 0 Å². The van der Waals surface area contributed by atoms with E-state index >= 15 is 0 Å². The second-order valence-electron chi connectivity index (χ2n) is 32.2. The molecule has 9 aromatic carbocycles. The molecule has 0 radical (unpaired) electrons. The number of fused-ring (bicyclic) bond motifs is 6. The molecule has 0 spiro atoms. The summed E-state index contributed by atoms with van der Waals surface area (Å²) < 4.78 is 37.5. The van der Waals surface area contributed by atoms with Gasteiger partial charge in [0.05, 0.1) is 90.2 Å². The second-order valence-corrected chi connectivity index (χ2v) is 32.2. The Bertz CT molecular complexity index is 7220. The highest BCUT2D eigenvalue weighted by atomic mass is 19.1. The van der Waals surface area contributed by atoms with Gasteiger partial charge < -0.3 is 42.6 Å². The Morgan fingerprint density at radius 1 is 0.361 bits per heavy atom. The van der Waals surface area contributed by atoms with Crippen LogP contribution in [0.5, 0.6) is 0 Å². The summed E-state index contributed by atoms with van der Waals surface area (Å²) in [5, 5.41) is 27.7. The molecule has 11 aromatic heterocycles. The van der Waals surface area contributed by atoms with E-state index in [1.54, 1.807) is 18.3 Å². The molecule has 4 aliphatic carbocycles. The molecule has 11 heterocycles. The lowest BCUT2D eigenvalue weighted by atomic mass is 9.93. The van der Waals surface area contributed by atoms with Crippen molar-refractivity contribution >= 4 is 65.8 Å². The highest BCUT2D eigenvalue weighted by Gasteiger charge is 2.33. The van der Waals surface area contributed by atoms with Crippen molar-refractivity contribution in [1.82, 2.24) is 80.2 Å². The Morgan fingerprint density at radius 3 is 1.27 bits per heavy atom. The van der Waals surface area contributed by atoms with Crippen LogP contribution in [-0.4, -0.2) is 80.2 Å². The maximum absolute atomic E-state index is 13.5. The molecule has 0 aliphatic heterocycles. The fourth-order valence-corrected chi connectivity index (χ4v) is 17.2. The summed E-state index contributed by atoms with van der Waals surface area (Å²) in [7, 11) is 0. The van der Waals surface area contributed by atoms with E-state index in [-0.39, 0.29) is 5.82 Å². The van der Waals surface area contributed by atoms with Gasteiger partial charge in [0.1, 0.15) is 57.7 Å². The summed E-state index contributed by atoms with van der Waals surface area (Å²) in [6.45, 7) is 15.7. The van der Waals surface area contributed by atoms with Gasteiger partial charge in [-0.05, 0) is 242 Å².